The van der Waals surface area contributed by atoms with Crippen molar-refractivity contribution in [2.45, 2.75) is 109 Å². The highest BCUT2D eigenvalue weighted by atomic mass is 32.2. The molecule has 2 rings (SSSR count). The Bertz CT molecular complexity index is 695. The molecule has 0 aromatic rings. The minimum Gasteiger partial charge on any atom is -0.450 e. The van der Waals surface area contributed by atoms with Crippen molar-refractivity contribution in [2.24, 2.45) is 17.6 Å². The number of nitrogens with zero attached hydrogens (tertiary/aromatic N) is 1. The number of nitrogens with one attached hydrogen (secondary N) is 2. The fraction of sp³-hybridized carbons (Fsp3) is 0.885. The maximum absolute atomic E-state index is 13.8. The summed E-state index contributed by atoms with van der Waals surface area (Å²) in [6.45, 7) is 11.7. The molecular formula is C26H48N4O4S. The lowest BCUT2D eigenvalue weighted by molar-refractivity contribution is -0.140. The van der Waals surface area contributed by atoms with Gasteiger partial charge < -0.3 is 26.0 Å². The molecule has 1 aliphatic heterocycles. The van der Waals surface area contributed by atoms with Crippen LogP contribution in [-0.2, 0) is 14.3 Å². The van der Waals surface area contributed by atoms with Crippen molar-refractivity contribution >= 4 is 29.7 Å². The molecule has 2 unspecified atom stereocenters. The van der Waals surface area contributed by atoms with E-state index in [0.717, 1.165) is 50.7 Å². The number of hydrogen-bond donors (Lipinski definition) is 3. The number of ether oxygens (including phenoxy) is 1. The van der Waals surface area contributed by atoms with E-state index in [2.05, 4.69) is 24.5 Å². The standard InChI is InChI=1S/C26H48N4O4S/c1-6-7-15-34-25(33)29-22(26(4,5)35-17-18(2)3)24(32)30-14-8-9-21(30)23(31)28-16-19-10-12-20(27)13-11-19/h18-22H,6-17,27H2,1-5H3,(H,28,31)(H,29,33). The van der Waals surface area contributed by atoms with Crippen LogP contribution in [0.25, 0.3) is 0 Å². The summed E-state index contributed by atoms with van der Waals surface area (Å²) in [5.74, 6) is 1.45. The first kappa shape index (κ1) is 29.7. The molecule has 0 bridgehead atoms. The van der Waals surface area contributed by atoms with Crippen molar-refractivity contribution in [3.05, 3.63) is 0 Å². The summed E-state index contributed by atoms with van der Waals surface area (Å²) in [4.78, 5) is 41.1. The maximum Gasteiger partial charge on any atom is 0.407 e. The molecule has 1 saturated heterocycles. The zero-order valence-corrected chi connectivity index (χ0v) is 23.3. The van der Waals surface area contributed by atoms with Crippen molar-refractivity contribution in [3.8, 4) is 0 Å². The van der Waals surface area contributed by atoms with E-state index in [9.17, 15) is 14.4 Å². The summed E-state index contributed by atoms with van der Waals surface area (Å²) in [5, 5.41) is 5.94. The number of nitrogens with two attached hydrogens (primary N) is 1. The molecule has 1 saturated carbocycles. The van der Waals surface area contributed by atoms with Gasteiger partial charge in [-0.2, -0.15) is 11.8 Å². The molecule has 202 valence electrons. The Morgan fingerprint density at radius 2 is 1.83 bits per heavy atom. The highest BCUT2D eigenvalue weighted by Crippen LogP contribution is 2.33. The van der Waals surface area contributed by atoms with Gasteiger partial charge in [-0.05, 0) is 76.4 Å². The van der Waals surface area contributed by atoms with Gasteiger partial charge in [-0.25, -0.2) is 4.79 Å². The van der Waals surface area contributed by atoms with Crippen LogP contribution in [-0.4, -0.2) is 71.1 Å². The first-order valence-corrected chi connectivity index (χ1v) is 14.4. The van der Waals surface area contributed by atoms with Crippen molar-refractivity contribution < 1.29 is 19.1 Å². The summed E-state index contributed by atoms with van der Waals surface area (Å²) >= 11 is 1.66. The first-order chi connectivity index (χ1) is 16.5. The van der Waals surface area contributed by atoms with E-state index < -0.39 is 22.9 Å². The van der Waals surface area contributed by atoms with E-state index in [1.807, 2.05) is 20.8 Å². The SMILES string of the molecule is CCCCOC(=O)NC(C(=O)N1CCCC1C(=O)NCC1CCC(N)CC1)C(C)(C)SCC(C)C. The summed E-state index contributed by atoms with van der Waals surface area (Å²) in [5.41, 5.74) is 6.00. The number of hydrogen-bond acceptors (Lipinski definition) is 6. The fourth-order valence-corrected chi connectivity index (χ4v) is 5.78. The second-order valence-electron chi connectivity index (χ2n) is 11.1. The van der Waals surface area contributed by atoms with Crippen LogP contribution >= 0.6 is 11.8 Å². The Morgan fingerprint density at radius 1 is 1.14 bits per heavy atom. The minimum atomic E-state index is -0.784. The molecule has 35 heavy (non-hydrogen) atoms. The van der Waals surface area contributed by atoms with Crippen molar-refractivity contribution in [3.63, 3.8) is 0 Å². The van der Waals surface area contributed by atoms with Gasteiger partial charge in [-0.3, -0.25) is 9.59 Å². The molecule has 2 fully saturated rings. The highest BCUT2D eigenvalue weighted by Gasteiger charge is 2.44. The summed E-state index contributed by atoms with van der Waals surface area (Å²) in [6, 6.07) is -1.01. The van der Waals surface area contributed by atoms with Crippen molar-refractivity contribution in [1.29, 1.82) is 0 Å². The monoisotopic (exact) mass is 512 g/mol. The van der Waals surface area contributed by atoms with Gasteiger partial charge in [0.15, 0.2) is 0 Å². The van der Waals surface area contributed by atoms with E-state index >= 15 is 0 Å². The maximum atomic E-state index is 13.8. The van der Waals surface area contributed by atoms with Gasteiger partial charge in [0.1, 0.15) is 12.1 Å². The van der Waals surface area contributed by atoms with E-state index in [1.165, 1.54) is 0 Å². The number of carbonyl (C=O) groups excluding carboxylic acids is 3. The zero-order chi connectivity index (χ0) is 26.0. The Balaban J connectivity index is 2.07. The summed E-state index contributed by atoms with van der Waals surface area (Å²) in [7, 11) is 0. The normalized spacial score (nSPS) is 23.7. The number of amides is 3. The number of alkyl carbamates (subject to hydrolysis) is 1. The van der Waals surface area contributed by atoms with E-state index in [-0.39, 0.29) is 17.9 Å². The Morgan fingerprint density at radius 3 is 2.46 bits per heavy atom. The number of unbranched alkanes of at least 4 members (excludes halogenated alkanes) is 1. The van der Waals surface area contributed by atoms with Crippen molar-refractivity contribution in [1.82, 2.24) is 15.5 Å². The Labute approximate surface area is 216 Å². The van der Waals surface area contributed by atoms with Gasteiger partial charge in [0, 0.05) is 23.9 Å². The Kier molecular flexibility index (Phi) is 12.2. The molecule has 2 atom stereocenters. The van der Waals surface area contributed by atoms with Gasteiger partial charge in [0.2, 0.25) is 11.8 Å². The minimum absolute atomic E-state index is 0.0948. The molecule has 8 nitrogen and oxygen atoms in total. The van der Waals surface area contributed by atoms with E-state index in [4.69, 9.17) is 10.5 Å². The van der Waals surface area contributed by atoms with Gasteiger partial charge in [-0.1, -0.05) is 27.2 Å². The second kappa shape index (κ2) is 14.3. The zero-order valence-electron chi connectivity index (χ0n) is 22.4. The quantitative estimate of drug-likeness (QED) is 0.344. The fourth-order valence-electron chi connectivity index (χ4n) is 4.69. The Hall–Kier alpha value is -1.48. The molecule has 0 spiro atoms. The largest absolute Gasteiger partial charge is 0.450 e. The van der Waals surface area contributed by atoms with Gasteiger partial charge in [0.25, 0.3) is 0 Å². The van der Waals surface area contributed by atoms with E-state index in [1.54, 1.807) is 16.7 Å². The van der Waals surface area contributed by atoms with Crippen LogP contribution < -0.4 is 16.4 Å². The number of carbonyl (C=O) groups is 3. The van der Waals surface area contributed by atoms with Crippen LogP contribution in [0.3, 0.4) is 0 Å². The van der Waals surface area contributed by atoms with E-state index in [0.29, 0.717) is 38.0 Å². The predicted molar refractivity (Wildman–Crippen MR) is 142 cm³/mol. The van der Waals surface area contributed by atoms with Gasteiger partial charge in [0.05, 0.1) is 6.61 Å². The number of thioether (sulfide) groups is 1. The van der Waals surface area contributed by atoms with Gasteiger partial charge >= 0.3 is 6.09 Å². The smallest absolute Gasteiger partial charge is 0.407 e. The van der Waals surface area contributed by atoms with Crippen LogP contribution in [0.2, 0.25) is 0 Å². The van der Waals surface area contributed by atoms with Crippen LogP contribution in [0.5, 0.6) is 0 Å². The lowest BCUT2D eigenvalue weighted by atomic mass is 9.86. The molecule has 4 N–H and O–H groups in total. The lowest BCUT2D eigenvalue weighted by Crippen LogP contribution is -2.60. The van der Waals surface area contributed by atoms with Crippen LogP contribution in [0.1, 0.15) is 86.0 Å². The topological polar surface area (TPSA) is 114 Å². The third-order valence-electron chi connectivity index (χ3n) is 7.02. The van der Waals surface area contributed by atoms with Crippen LogP contribution in [0.15, 0.2) is 0 Å². The number of rotatable bonds is 12. The molecule has 0 radical (unpaired) electrons. The molecule has 2 aliphatic rings. The average Bonchev–Trinajstić information content (AvgIpc) is 3.30. The molecule has 9 heteroatoms. The molecule has 3 amide bonds. The summed E-state index contributed by atoms with van der Waals surface area (Å²) in [6.07, 6.45) is 6.59. The predicted octanol–water partition coefficient (Wildman–Crippen LogP) is 3.67. The van der Waals surface area contributed by atoms with Gasteiger partial charge in [-0.15, -0.1) is 0 Å². The van der Waals surface area contributed by atoms with Crippen LogP contribution in [0, 0.1) is 11.8 Å². The van der Waals surface area contributed by atoms with Crippen LogP contribution in [0.4, 0.5) is 4.79 Å². The van der Waals surface area contributed by atoms with Crippen molar-refractivity contribution in [2.75, 3.05) is 25.4 Å². The molecule has 0 aromatic heterocycles. The highest BCUT2D eigenvalue weighted by molar-refractivity contribution is 8.00. The first-order valence-electron chi connectivity index (χ1n) is 13.5. The average molecular weight is 513 g/mol. The summed E-state index contributed by atoms with van der Waals surface area (Å²) < 4.78 is 4.76. The third-order valence-corrected chi connectivity index (χ3v) is 8.83. The lowest BCUT2D eigenvalue weighted by Gasteiger charge is -2.37. The second-order valence-corrected chi connectivity index (χ2v) is 12.8. The molecule has 1 heterocycles. The third kappa shape index (κ3) is 9.48. The molecule has 0 aromatic carbocycles. The molecular weight excluding hydrogens is 464 g/mol. The number of likely N-dealkylation sites (tertiary alicyclic amines) is 1. The molecule has 1 aliphatic carbocycles.